The molecule has 0 unspecified atom stereocenters. The van der Waals surface area contributed by atoms with Crippen LogP contribution in [0.2, 0.25) is 0 Å². The van der Waals surface area contributed by atoms with Gasteiger partial charge in [-0.25, -0.2) is 4.79 Å². The lowest BCUT2D eigenvalue weighted by Gasteiger charge is -2.26. The summed E-state index contributed by atoms with van der Waals surface area (Å²) in [5, 5.41) is 0. The molecule has 3 nitrogen and oxygen atoms in total. The molecule has 0 amide bonds. The number of nitrogens with zero attached hydrogens (tertiary/aromatic N) is 1. The predicted molar refractivity (Wildman–Crippen MR) is 77.8 cm³/mol. The van der Waals surface area contributed by atoms with Gasteiger partial charge in [0.2, 0.25) is 6.08 Å². The predicted octanol–water partition coefficient (Wildman–Crippen LogP) is 3.83. The first-order chi connectivity index (χ1) is 9.16. The third kappa shape index (κ3) is 2.56. The molecule has 0 atom stereocenters. The lowest BCUT2D eigenvalue weighted by atomic mass is 9.88. The van der Waals surface area contributed by atoms with E-state index < -0.39 is 0 Å². The molecule has 1 aliphatic carbocycles. The van der Waals surface area contributed by atoms with E-state index in [9.17, 15) is 4.79 Å². The van der Waals surface area contributed by atoms with E-state index in [2.05, 4.69) is 17.3 Å². The third-order valence-corrected chi connectivity index (χ3v) is 4.69. The summed E-state index contributed by atoms with van der Waals surface area (Å²) in [6.45, 7) is 2.03. The summed E-state index contributed by atoms with van der Waals surface area (Å²) < 4.78 is 5.42. The maximum absolute atomic E-state index is 10.8. The van der Waals surface area contributed by atoms with Crippen LogP contribution in [0.3, 0.4) is 0 Å². The summed E-state index contributed by atoms with van der Waals surface area (Å²) in [7, 11) is 1.68. The molecular weight excluding hydrogens is 258 g/mol. The molecule has 1 aliphatic rings. The number of hydrogen-bond acceptors (Lipinski definition) is 4. The van der Waals surface area contributed by atoms with Crippen LogP contribution in [0.5, 0.6) is 5.75 Å². The van der Waals surface area contributed by atoms with Crippen LogP contribution in [0.25, 0.3) is 0 Å². The molecule has 1 fully saturated rings. The monoisotopic (exact) mass is 277 g/mol. The molecular formula is C15H19NO2S. The summed E-state index contributed by atoms with van der Waals surface area (Å²) in [6, 6.07) is 4.17. The van der Waals surface area contributed by atoms with E-state index in [1.807, 2.05) is 13.0 Å². The summed E-state index contributed by atoms with van der Waals surface area (Å²) >= 11 is 1.69. The summed E-state index contributed by atoms with van der Waals surface area (Å²) in [5.41, 5.74) is 1.84. The number of thioether (sulfide) groups is 1. The van der Waals surface area contributed by atoms with E-state index in [-0.39, 0.29) is 5.54 Å². The van der Waals surface area contributed by atoms with Crippen LogP contribution in [0.4, 0.5) is 0 Å². The van der Waals surface area contributed by atoms with Crippen molar-refractivity contribution >= 4 is 17.8 Å². The van der Waals surface area contributed by atoms with Crippen molar-refractivity contribution in [1.82, 2.24) is 0 Å². The Morgan fingerprint density at radius 2 is 2.05 bits per heavy atom. The molecule has 1 saturated carbocycles. The van der Waals surface area contributed by atoms with Crippen molar-refractivity contribution in [2.75, 3.05) is 13.4 Å². The number of aryl methyl sites for hydroxylation is 1. The second-order valence-corrected chi connectivity index (χ2v) is 5.81. The van der Waals surface area contributed by atoms with Crippen LogP contribution < -0.4 is 4.74 Å². The first-order valence-corrected chi connectivity index (χ1v) is 7.71. The minimum absolute atomic E-state index is 0.388. The number of methoxy groups -OCH3 is 1. The molecule has 2 rings (SSSR count). The molecule has 0 aliphatic heterocycles. The minimum atomic E-state index is -0.388. The smallest absolute Gasteiger partial charge is 0.235 e. The van der Waals surface area contributed by atoms with Crippen LogP contribution in [0.1, 0.15) is 36.8 Å². The Balaban J connectivity index is 2.61. The highest BCUT2D eigenvalue weighted by Crippen LogP contribution is 2.46. The SMILES string of the molecule is COc1cc(C2(N=C=O)CCCC2)c(SC)cc1C. The van der Waals surface area contributed by atoms with Gasteiger partial charge in [0.1, 0.15) is 5.75 Å². The maximum Gasteiger partial charge on any atom is 0.235 e. The number of aliphatic imine (C=N–C) groups is 1. The fraction of sp³-hybridized carbons (Fsp3) is 0.533. The molecule has 4 heteroatoms. The molecule has 1 aromatic carbocycles. The van der Waals surface area contributed by atoms with Gasteiger partial charge in [-0.2, -0.15) is 4.99 Å². The second kappa shape index (κ2) is 5.81. The Hall–Kier alpha value is -1.25. The first kappa shape index (κ1) is 14.2. The molecule has 0 N–H and O–H groups in total. The van der Waals surface area contributed by atoms with Crippen LogP contribution in [-0.4, -0.2) is 19.4 Å². The van der Waals surface area contributed by atoms with Gasteiger partial charge in [-0.1, -0.05) is 12.8 Å². The number of isocyanates is 1. The van der Waals surface area contributed by atoms with E-state index >= 15 is 0 Å². The molecule has 102 valence electrons. The van der Waals surface area contributed by atoms with Crippen molar-refractivity contribution in [3.05, 3.63) is 23.3 Å². The Labute approximate surface area is 118 Å². The van der Waals surface area contributed by atoms with Gasteiger partial charge in [0.25, 0.3) is 0 Å². The molecule has 0 aromatic heterocycles. The molecule has 0 bridgehead atoms. The highest BCUT2D eigenvalue weighted by molar-refractivity contribution is 7.98. The van der Waals surface area contributed by atoms with Crippen LogP contribution >= 0.6 is 11.8 Å². The molecule has 1 aromatic rings. The van der Waals surface area contributed by atoms with E-state index in [1.165, 1.54) is 4.90 Å². The summed E-state index contributed by atoms with van der Waals surface area (Å²) in [4.78, 5) is 16.2. The van der Waals surface area contributed by atoms with Crippen LogP contribution in [-0.2, 0) is 10.3 Å². The lowest BCUT2D eigenvalue weighted by Crippen LogP contribution is -2.20. The van der Waals surface area contributed by atoms with Gasteiger partial charge in [-0.15, -0.1) is 11.8 Å². The normalized spacial score (nSPS) is 17.0. The number of ether oxygens (including phenoxy) is 1. The lowest BCUT2D eigenvalue weighted by molar-refractivity contribution is 0.403. The highest BCUT2D eigenvalue weighted by Gasteiger charge is 2.37. The average molecular weight is 277 g/mol. The van der Waals surface area contributed by atoms with E-state index in [0.717, 1.165) is 42.6 Å². The third-order valence-electron chi connectivity index (χ3n) is 3.91. The number of benzene rings is 1. The molecule has 0 spiro atoms. The van der Waals surface area contributed by atoms with Crippen molar-refractivity contribution in [3.63, 3.8) is 0 Å². The Bertz CT molecular complexity index is 515. The number of carbonyl (C=O) groups excluding carboxylic acids is 1. The average Bonchev–Trinajstić information content (AvgIpc) is 2.88. The van der Waals surface area contributed by atoms with Crippen molar-refractivity contribution in [1.29, 1.82) is 0 Å². The van der Waals surface area contributed by atoms with E-state index in [0.29, 0.717) is 0 Å². The second-order valence-electron chi connectivity index (χ2n) is 4.96. The van der Waals surface area contributed by atoms with Crippen molar-refractivity contribution in [2.24, 2.45) is 4.99 Å². The first-order valence-electron chi connectivity index (χ1n) is 6.49. The number of hydrogen-bond donors (Lipinski definition) is 0. The Kier molecular flexibility index (Phi) is 4.33. The van der Waals surface area contributed by atoms with Crippen molar-refractivity contribution < 1.29 is 9.53 Å². The van der Waals surface area contributed by atoms with E-state index in [4.69, 9.17) is 4.74 Å². The largest absolute Gasteiger partial charge is 0.496 e. The molecule has 0 heterocycles. The van der Waals surface area contributed by atoms with Crippen molar-refractivity contribution in [2.45, 2.75) is 43.0 Å². The molecule has 0 radical (unpaired) electrons. The topological polar surface area (TPSA) is 38.7 Å². The van der Waals surface area contributed by atoms with Gasteiger partial charge in [0, 0.05) is 4.90 Å². The van der Waals surface area contributed by atoms with Gasteiger partial charge in [0.15, 0.2) is 0 Å². The number of rotatable bonds is 4. The zero-order valence-corrected chi connectivity index (χ0v) is 12.5. The Morgan fingerprint density at radius 1 is 1.37 bits per heavy atom. The zero-order valence-electron chi connectivity index (χ0n) is 11.7. The highest BCUT2D eigenvalue weighted by atomic mass is 32.2. The quantitative estimate of drug-likeness (QED) is 0.477. The Morgan fingerprint density at radius 3 is 2.58 bits per heavy atom. The van der Waals surface area contributed by atoms with Gasteiger partial charge in [0.05, 0.1) is 12.6 Å². The summed E-state index contributed by atoms with van der Waals surface area (Å²) in [5.74, 6) is 0.861. The van der Waals surface area contributed by atoms with Gasteiger partial charge < -0.3 is 4.74 Å². The van der Waals surface area contributed by atoms with Gasteiger partial charge in [-0.05, 0) is 49.3 Å². The van der Waals surface area contributed by atoms with E-state index in [1.54, 1.807) is 25.0 Å². The standard InChI is InChI=1S/C15H19NO2S/c1-11-8-14(19-3)12(9-13(11)18-2)15(16-10-17)6-4-5-7-15/h8-9H,4-7H2,1-3H3. The fourth-order valence-electron chi connectivity index (χ4n) is 2.90. The summed E-state index contributed by atoms with van der Waals surface area (Å²) in [6.07, 6.45) is 7.88. The van der Waals surface area contributed by atoms with Crippen molar-refractivity contribution in [3.8, 4) is 5.75 Å². The molecule has 0 saturated heterocycles. The van der Waals surface area contributed by atoms with Crippen LogP contribution in [0.15, 0.2) is 22.0 Å². The fourth-order valence-corrected chi connectivity index (χ4v) is 3.67. The van der Waals surface area contributed by atoms with Crippen LogP contribution in [0, 0.1) is 6.92 Å². The minimum Gasteiger partial charge on any atom is -0.496 e. The molecule has 19 heavy (non-hydrogen) atoms. The maximum atomic E-state index is 10.8. The zero-order chi connectivity index (χ0) is 13.9. The van der Waals surface area contributed by atoms with Gasteiger partial charge in [-0.3, -0.25) is 0 Å². The van der Waals surface area contributed by atoms with Gasteiger partial charge >= 0.3 is 0 Å².